The summed E-state index contributed by atoms with van der Waals surface area (Å²) in [4.78, 5) is 19.9. The first-order valence-electron chi connectivity index (χ1n) is 9.02. The Morgan fingerprint density at radius 2 is 1.84 bits per heavy atom. The van der Waals surface area contributed by atoms with Gasteiger partial charge < -0.3 is 10.6 Å². The maximum Gasteiger partial charge on any atom is 0.222 e. The van der Waals surface area contributed by atoms with Crippen LogP contribution in [0.15, 0.2) is 36.7 Å². The number of nitrogens with one attached hydrogen (secondary N) is 2. The highest BCUT2D eigenvalue weighted by Crippen LogP contribution is 2.26. The summed E-state index contributed by atoms with van der Waals surface area (Å²) in [7, 11) is 0. The molecule has 0 aliphatic heterocycles. The van der Waals surface area contributed by atoms with Gasteiger partial charge in [-0.3, -0.25) is 4.79 Å². The van der Waals surface area contributed by atoms with Crippen molar-refractivity contribution < 1.29 is 4.79 Å². The maximum atomic E-state index is 11.1. The summed E-state index contributed by atoms with van der Waals surface area (Å²) >= 11 is 0. The van der Waals surface area contributed by atoms with Crippen molar-refractivity contribution in [2.24, 2.45) is 5.92 Å². The Morgan fingerprint density at radius 3 is 2.40 bits per heavy atom. The number of amides is 1. The van der Waals surface area contributed by atoms with Crippen LogP contribution in [0.25, 0.3) is 11.1 Å². The topological polar surface area (TPSA) is 66.9 Å². The number of rotatable bonds is 7. The highest BCUT2D eigenvalue weighted by molar-refractivity contribution is 5.73. The summed E-state index contributed by atoms with van der Waals surface area (Å²) in [5.74, 6) is 1.50. The largest absolute Gasteiger partial charge is 0.354 e. The molecule has 1 unspecified atom stereocenters. The zero-order chi connectivity index (χ0) is 17.6. The summed E-state index contributed by atoms with van der Waals surface area (Å²) in [5, 5.41) is 6.22. The standard InChI is InChI=1S/C20H26N4O/c1-14(24-15(2)25)10-16-6-8-18(9-7-16)19-12-22-20(23-13-19)21-11-17-4-3-5-17/h6-9,12-14,17H,3-5,10-11H2,1-2H3,(H,24,25)(H,21,22,23). The highest BCUT2D eigenvalue weighted by atomic mass is 16.1. The van der Waals surface area contributed by atoms with Crippen molar-refractivity contribution in [3.63, 3.8) is 0 Å². The molecule has 1 atom stereocenters. The predicted octanol–water partition coefficient (Wildman–Crippen LogP) is 3.42. The molecule has 1 fully saturated rings. The van der Waals surface area contributed by atoms with Gasteiger partial charge in [0, 0.05) is 37.5 Å². The van der Waals surface area contributed by atoms with Crippen molar-refractivity contribution >= 4 is 11.9 Å². The van der Waals surface area contributed by atoms with Crippen LogP contribution in [-0.2, 0) is 11.2 Å². The van der Waals surface area contributed by atoms with Gasteiger partial charge in [0.25, 0.3) is 0 Å². The number of nitrogens with zero attached hydrogens (tertiary/aromatic N) is 2. The molecule has 3 rings (SSSR count). The molecule has 1 aromatic carbocycles. The van der Waals surface area contributed by atoms with E-state index in [0.29, 0.717) is 5.95 Å². The van der Waals surface area contributed by atoms with Crippen molar-refractivity contribution in [3.05, 3.63) is 42.2 Å². The van der Waals surface area contributed by atoms with E-state index in [0.717, 1.165) is 30.0 Å². The van der Waals surface area contributed by atoms with Crippen molar-refractivity contribution in [2.75, 3.05) is 11.9 Å². The maximum absolute atomic E-state index is 11.1. The normalized spacial score (nSPS) is 15.3. The van der Waals surface area contributed by atoms with Crippen LogP contribution in [0.1, 0.15) is 38.7 Å². The van der Waals surface area contributed by atoms with Crippen LogP contribution in [0, 0.1) is 5.92 Å². The molecule has 1 amide bonds. The molecule has 2 aromatic rings. The molecule has 25 heavy (non-hydrogen) atoms. The molecule has 1 aliphatic rings. The Morgan fingerprint density at radius 1 is 1.16 bits per heavy atom. The van der Waals surface area contributed by atoms with Crippen LogP contribution in [0.5, 0.6) is 0 Å². The summed E-state index contributed by atoms with van der Waals surface area (Å²) in [5.41, 5.74) is 3.31. The number of hydrogen-bond donors (Lipinski definition) is 2. The van der Waals surface area contributed by atoms with Crippen LogP contribution in [0.4, 0.5) is 5.95 Å². The third-order valence-corrected chi connectivity index (χ3v) is 4.70. The van der Waals surface area contributed by atoms with E-state index < -0.39 is 0 Å². The van der Waals surface area contributed by atoms with Gasteiger partial charge in [-0.05, 0) is 43.2 Å². The Hall–Kier alpha value is -2.43. The van der Waals surface area contributed by atoms with E-state index in [2.05, 4.69) is 44.9 Å². The molecular weight excluding hydrogens is 312 g/mol. The zero-order valence-corrected chi connectivity index (χ0v) is 15.0. The summed E-state index contributed by atoms with van der Waals surface area (Å²) in [6.07, 6.45) is 8.54. The summed E-state index contributed by atoms with van der Waals surface area (Å²) < 4.78 is 0. The lowest BCUT2D eigenvalue weighted by Gasteiger charge is -2.25. The van der Waals surface area contributed by atoms with Gasteiger partial charge in [0.2, 0.25) is 11.9 Å². The monoisotopic (exact) mass is 338 g/mol. The average Bonchev–Trinajstić information content (AvgIpc) is 2.54. The van der Waals surface area contributed by atoms with Crippen LogP contribution in [-0.4, -0.2) is 28.5 Å². The minimum Gasteiger partial charge on any atom is -0.354 e. The lowest BCUT2D eigenvalue weighted by molar-refractivity contribution is -0.119. The van der Waals surface area contributed by atoms with Crippen molar-refractivity contribution in [2.45, 2.75) is 45.6 Å². The van der Waals surface area contributed by atoms with Crippen LogP contribution >= 0.6 is 0 Å². The van der Waals surface area contributed by atoms with Crippen LogP contribution < -0.4 is 10.6 Å². The number of carbonyl (C=O) groups excluding carboxylic acids is 1. The van der Waals surface area contributed by atoms with E-state index in [-0.39, 0.29) is 11.9 Å². The number of aromatic nitrogens is 2. The van der Waals surface area contributed by atoms with E-state index in [9.17, 15) is 4.79 Å². The molecule has 1 aliphatic carbocycles. The second-order valence-electron chi connectivity index (χ2n) is 6.98. The van der Waals surface area contributed by atoms with Crippen molar-refractivity contribution in [1.29, 1.82) is 0 Å². The van der Waals surface area contributed by atoms with E-state index >= 15 is 0 Å². The zero-order valence-electron chi connectivity index (χ0n) is 15.0. The SMILES string of the molecule is CC(=O)NC(C)Cc1ccc(-c2cnc(NCC3CCC3)nc2)cc1. The fourth-order valence-electron chi connectivity index (χ4n) is 3.09. The second kappa shape index (κ2) is 8.10. The van der Waals surface area contributed by atoms with Gasteiger partial charge in [0.05, 0.1) is 0 Å². The highest BCUT2D eigenvalue weighted by Gasteiger charge is 2.17. The molecular formula is C20H26N4O. The number of hydrogen-bond acceptors (Lipinski definition) is 4. The van der Waals surface area contributed by atoms with Gasteiger partial charge in [-0.1, -0.05) is 30.7 Å². The van der Waals surface area contributed by atoms with Gasteiger partial charge in [0.15, 0.2) is 0 Å². The number of benzene rings is 1. The van der Waals surface area contributed by atoms with Gasteiger partial charge in [-0.15, -0.1) is 0 Å². The second-order valence-corrected chi connectivity index (χ2v) is 6.98. The summed E-state index contributed by atoms with van der Waals surface area (Å²) in [6.45, 7) is 4.53. The number of carbonyl (C=O) groups is 1. The van der Waals surface area contributed by atoms with Gasteiger partial charge >= 0.3 is 0 Å². The molecule has 0 saturated heterocycles. The van der Waals surface area contributed by atoms with Crippen LogP contribution in [0.2, 0.25) is 0 Å². The quantitative estimate of drug-likeness (QED) is 0.812. The first-order valence-corrected chi connectivity index (χ1v) is 9.02. The molecule has 132 valence electrons. The Balaban J connectivity index is 1.56. The fourth-order valence-corrected chi connectivity index (χ4v) is 3.09. The Kier molecular flexibility index (Phi) is 5.64. The first kappa shape index (κ1) is 17.4. The van der Waals surface area contributed by atoms with Gasteiger partial charge in [-0.25, -0.2) is 9.97 Å². The molecule has 0 bridgehead atoms. The average molecular weight is 338 g/mol. The van der Waals surface area contributed by atoms with Gasteiger partial charge in [-0.2, -0.15) is 0 Å². The molecule has 5 heteroatoms. The third-order valence-electron chi connectivity index (χ3n) is 4.70. The molecule has 1 aromatic heterocycles. The fraction of sp³-hybridized carbons (Fsp3) is 0.450. The van der Waals surface area contributed by atoms with Crippen molar-refractivity contribution in [1.82, 2.24) is 15.3 Å². The smallest absolute Gasteiger partial charge is 0.222 e. The minimum atomic E-state index is 0.00674. The Labute approximate surface area is 149 Å². The van der Waals surface area contributed by atoms with Gasteiger partial charge in [0.1, 0.15) is 0 Å². The third kappa shape index (κ3) is 5.02. The lowest BCUT2D eigenvalue weighted by Crippen LogP contribution is -2.31. The van der Waals surface area contributed by atoms with E-state index in [1.807, 2.05) is 19.3 Å². The predicted molar refractivity (Wildman–Crippen MR) is 100 cm³/mol. The molecule has 2 N–H and O–H groups in total. The van der Waals surface area contributed by atoms with E-state index in [4.69, 9.17) is 0 Å². The molecule has 1 heterocycles. The molecule has 0 radical (unpaired) electrons. The first-order chi connectivity index (χ1) is 12.1. The van der Waals surface area contributed by atoms with E-state index in [1.165, 1.54) is 24.8 Å². The minimum absolute atomic E-state index is 0.00674. The van der Waals surface area contributed by atoms with E-state index in [1.54, 1.807) is 6.92 Å². The molecule has 1 saturated carbocycles. The Bertz CT molecular complexity index is 693. The molecule has 0 spiro atoms. The van der Waals surface area contributed by atoms with Crippen molar-refractivity contribution in [3.8, 4) is 11.1 Å². The lowest BCUT2D eigenvalue weighted by atomic mass is 9.85. The van der Waals surface area contributed by atoms with Crippen LogP contribution in [0.3, 0.4) is 0 Å². The number of anilines is 1. The summed E-state index contributed by atoms with van der Waals surface area (Å²) in [6, 6.07) is 8.48. The molecule has 5 nitrogen and oxygen atoms in total.